The van der Waals surface area contributed by atoms with Gasteiger partial charge < -0.3 is 0 Å². The van der Waals surface area contributed by atoms with Gasteiger partial charge in [-0.2, -0.15) is 5.10 Å². The molecule has 0 unspecified atom stereocenters. The standard InChI is InChI=1S/C16H26N2O2S2/c1-5-6-7-8-9-10-11-22(19,20)16-14-12(2)21-13(3)15(14)18(4)17-16/h5-11H2,1-4H3. The van der Waals surface area contributed by atoms with Crippen molar-refractivity contribution in [2.75, 3.05) is 5.75 Å². The monoisotopic (exact) mass is 342 g/mol. The van der Waals surface area contributed by atoms with E-state index in [1.54, 1.807) is 16.0 Å². The van der Waals surface area contributed by atoms with Crippen molar-refractivity contribution in [3.63, 3.8) is 0 Å². The van der Waals surface area contributed by atoms with Crippen LogP contribution >= 0.6 is 11.3 Å². The molecule has 4 nitrogen and oxygen atoms in total. The Kier molecular flexibility index (Phi) is 5.66. The smallest absolute Gasteiger partial charge is 0.198 e. The molecule has 124 valence electrons. The van der Waals surface area contributed by atoms with Crippen molar-refractivity contribution in [3.8, 4) is 0 Å². The second-order valence-corrected chi connectivity index (χ2v) is 9.41. The van der Waals surface area contributed by atoms with Crippen molar-refractivity contribution in [1.82, 2.24) is 9.78 Å². The fourth-order valence-corrected chi connectivity index (χ4v) is 5.67. The first-order chi connectivity index (χ1) is 10.4. The molecule has 0 aliphatic carbocycles. The van der Waals surface area contributed by atoms with E-state index in [0.717, 1.165) is 39.9 Å². The zero-order chi connectivity index (χ0) is 16.3. The van der Waals surface area contributed by atoms with Crippen LogP contribution in [-0.2, 0) is 16.9 Å². The first-order valence-corrected chi connectivity index (χ1v) is 10.5. The normalized spacial score (nSPS) is 12.4. The summed E-state index contributed by atoms with van der Waals surface area (Å²) in [6.07, 6.45) is 6.48. The van der Waals surface area contributed by atoms with E-state index in [9.17, 15) is 8.42 Å². The number of hydrogen-bond acceptors (Lipinski definition) is 4. The molecule has 0 amide bonds. The minimum absolute atomic E-state index is 0.208. The molecule has 2 rings (SSSR count). The molecule has 0 fully saturated rings. The van der Waals surface area contributed by atoms with E-state index >= 15 is 0 Å². The number of thiophene rings is 1. The highest BCUT2D eigenvalue weighted by atomic mass is 32.2. The quantitative estimate of drug-likeness (QED) is 0.669. The Labute approximate surface area is 137 Å². The van der Waals surface area contributed by atoms with Crippen LogP contribution in [0.3, 0.4) is 0 Å². The van der Waals surface area contributed by atoms with Gasteiger partial charge in [0.25, 0.3) is 0 Å². The van der Waals surface area contributed by atoms with Crippen molar-refractivity contribution >= 4 is 32.1 Å². The molecule has 0 bridgehead atoms. The van der Waals surface area contributed by atoms with Crippen LogP contribution in [0.15, 0.2) is 5.03 Å². The first kappa shape index (κ1) is 17.5. The predicted octanol–water partition coefficient (Wildman–Crippen LogP) is 4.39. The largest absolute Gasteiger partial charge is 0.265 e. The Morgan fingerprint density at radius 1 is 1.05 bits per heavy atom. The van der Waals surface area contributed by atoms with Crippen molar-refractivity contribution in [2.45, 2.75) is 64.3 Å². The third-order valence-electron chi connectivity index (χ3n) is 4.07. The number of unbranched alkanes of at least 4 members (excludes halogenated alkanes) is 5. The lowest BCUT2D eigenvalue weighted by molar-refractivity contribution is 0.578. The summed E-state index contributed by atoms with van der Waals surface area (Å²) in [5.74, 6) is 0.208. The van der Waals surface area contributed by atoms with E-state index in [-0.39, 0.29) is 10.8 Å². The van der Waals surface area contributed by atoms with Gasteiger partial charge in [0.1, 0.15) is 0 Å². The fraction of sp³-hybridized carbons (Fsp3) is 0.688. The van der Waals surface area contributed by atoms with Crippen LogP contribution in [0.5, 0.6) is 0 Å². The van der Waals surface area contributed by atoms with Crippen LogP contribution < -0.4 is 0 Å². The minimum Gasteiger partial charge on any atom is -0.265 e. The Hall–Kier alpha value is -0.880. The molecule has 0 aromatic carbocycles. The Morgan fingerprint density at radius 3 is 2.36 bits per heavy atom. The lowest BCUT2D eigenvalue weighted by atomic mass is 10.1. The summed E-state index contributed by atoms with van der Waals surface area (Å²) in [6.45, 7) is 6.18. The van der Waals surface area contributed by atoms with Crippen LogP contribution in [0.1, 0.15) is 55.2 Å². The number of fused-ring (bicyclic) bond motifs is 1. The molecule has 2 heterocycles. The SMILES string of the molecule is CCCCCCCCS(=O)(=O)c1nn(C)c2c(C)sc(C)c12. The van der Waals surface area contributed by atoms with E-state index in [0.29, 0.717) is 0 Å². The van der Waals surface area contributed by atoms with Gasteiger partial charge in [0.15, 0.2) is 14.9 Å². The van der Waals surface area contributed by atoms with E-state index in [2.05, 4.69) is 12.0 Å². The van der Waals surface area contributed by atoms with Gasteiger partial charge in [-0.25, -0.2) is 8.42 Å². The molecule has 22 heavy (non-hydrogen) atoms. The molecule has 0 aliphatic rings. The summed E-state index contributed by atoms with van der Waals surface area (Å²) >= 11 is 1.65. The van der Waals surface area contributed by atoms with Crippen LogP contribution in [0.4, 0.5) is 0 Å². The molecular weight excluding hydrogens is 316 g/mol. The van der Waals surface area contributed by atoms with Gasteiger partial charge in [-0.05, 0) is 20.3 Å². The molecule has 0 spiro atoms. The van der Waals surface area contributed by atoms with Crippen LogP contribution in [0.2, 0.25) is 0 Å². The number of aromatic nitrogens is 2. The molecule has 0 radical (unpaired) electrons. The number of sulfone groups is 1. The van der Waals surface area contributed by atoms with Crippen LogP contribution in [0, 0.1) is 13.8 Å². The Bertz CT molecular complexity index is 742. The van der Waals surface area contributed by atoms with Gasteiger partial charge in [-0.15, -0.1) is 11.3 Å². The summed E-state index contributed by atoms with van der Waals surface area (Å²) in [4.78, 5) is 2.17. The lowest BCUT2D eigenvalue weighted by Gasteiger charge is -2.02. The summed E-state index contributed by atoms with van der Waals surface area (Å²) < 4.78 is 27.0. The number of rotatable bonds is 8. The third-order valence-corrected chi connectivity index (χ3v) is 6.78. The van der Waals surface area contributed by atoms with Crippen LogP contribution in [-0.4, -0.2) is 24.0 Å². The summed E-state index contributed by atoms with van der Waals surface area (Å²) in [5.41, 5.74) is 0.962. The maximum atomic E-state index is 12.6. The van der Waals surface area contributed by atoms with E-state index < -0.39 is 9.84 Å². The second kappa shape index (κ2) is 7.13. The maximum absolute atomic E-state index is 12.6. The molecule has 0 atom stereocenters. The lowest BCUT2D eigenvalue weighted by Crippen LogP contribution is -2.09. The number of nitrogens with zero attached hydrogens (tertiary/aromatic N) is 2. The summed E-state index contributed by atoms with van der Waals surface area (Å²) in [5, 5.41) is 5.41. The van der Waals surface area contributed by atoms with Crippen LogP contribution in [0.25, 0.3) is 10.9 Å². The highest BCUT2D eigenvalue weighted by molar-refractivity contribution is 7.91. The molecule has 0 aliphatic heterocycles. The maximum Gasteiger partial charge on any atom is 0.198 e. The summed E-state index contributed by atoms with van der Waals surface area (Å²) in [7, 11) is -1.47. The molecule has 0 saturated carbocycles. The Balaban J connectivity index is 2.13. The van der Waals surface area contributed by atoms with Gasteiger partial charge in [-0.3, -0.25) is 4.68 Å². The van der Waals surface area contributed by atoms with Crippen molar-refractivity contribution < 1.29 is 8.42 Å². The zero-order valence-corrected chi connectivity index (χ0v) is 15.6. The highest BCUT2D eigenvalue weighted by Crippen LogP contribution is 2.34. The topological polar surface area (TPSA) is 52.0 Å². The second-order valence-electron chi connectivity index (χ2n) is 5.95. The third kappa shape index (κ3) is 3.54. The van der Waals surface area contributed by atoms with E-state index in [1.165, 1.54) is 19.3 Å². The van der Waals surface area contributed by atoms with Crippen molar-refractivity contribution in [1.29, 1.82) is 0 Å². The molecule has 2 aromatic rings. The molecule has 0 saturated heterocycles. The van der Waals surface area contributed by atoms with Gasteiger partial charge in [-0.1, -0.05) is 39.0 Å². The fourth-order valence-electron chi connectivity index (χ4n) is 2.94. The number of aryl methyl sites for hydroxylation is 3. The molecule has 0 N–H and O–H groups in total. The van der Waals surface area contributed by atoms with E-state index in [1.807, 2.05) is 20.9 Å². The zero-order valence-electron chi connectivity index (χ0n) is 14.0. The van der Waals surface area contributed by atoms with Gasteiger partial charge in [0, 0.05) is 16.8 Å². The molecule has 2 aromatic heterocycles. The average Bonchev–Trinajstić information content (AvgIpc) is 2.94. The predicted molar refractivity (Wildman–Crippen MR) is 93.5 cm³/mol. The average molecular weight is 343 g/mol. The van der Waals surface area contributed by atoms with Crippen molar-refractivity contribution in [2.24, 2.45) is 7.05 Å². The minimum atomic E-state index is -3.29. The van der Waals surface area contributed by atoms with Crippen molar-refractivity contribution in [3.05, 3.63) is 9.75 Å². The highest BCUT2D eigenvalue weighted by Gasteiger charge is 2.25. The first-order valence-electron chi connectivity index (χ1n) is 8.04. The molecule has 6 heteroatoms. The van der Waals surface area contributed by atoms with E-state index in [4.69, 9.17) is 0 Å². The number of hydrogen-bond donors (Lipinski definition) is 0. The molecular formula is C16H26N2O2S2. The van der Waals surface area contributed by atoms with Gasteiger partial charge in [0.05, 0.1) is 16.7 Å². The summed E-state index contributed by atoms with van der Waals surface area (Å²) in [6, 6.07) is 0. The van der Waals surface area contributed by atoms with Gasteiger partial charge in [0.2, 0.25) is 0 Å². The van der Waals surface area contributed by atoms with Gasteiger partial charge >= 0.3 is 0 Å². The Morgan fingerprint density at radius 2 is 1.68 bits per heavy atom.